The fraction of sp³-hybridized carbons (Fsp3) is 0.909. The normalized spacial score (nSPS) is 31.9. The van der Waals surface area contributed by atoms with Crippen LogP contribution in [0.25, 0.3) is 0 Å². The molecule has 0 aromatic rings. The van der Waals surface area contributed by atoms with Crippen molar-refractivity contribution >= 4 is 5.91 Å². The molecule has 2 N–H and O–H groups in total. The van der Waals surface area contributed by atoms with E-state index in [1.165, 1.54) is 12.8 Å². The Kier molecular flexibility index (Phi) is 2.99. The number of hydrogen-bond acceptors (Lipinski definition) is 1. The second-order valence-corrected chi connectivity index (χ2v) is 5.00. The van der Waals surface area contributed by atoms with Gasteiger partial charge in [-0.15, -0.1) is 0 Å². The number of hydrogen-bond donors (Lipinski definition) is 1. The summed E-state index contributed by atoms with van der Waals surface area (Å²) in [6, 6.07) is 0. The summed E-state index contributed by atoms with van der Waals surface area (Å²) >= 11 is 0. The van der Waals surface area contributed by atoms with Crippen LogP contribution in [0.3, 0.4) is 0 Å². The highest BCUT2D eigenvalue weighted by Gasteiger charge is 2.39. The van der Waals surface area contributed by atoms with Crippen LogP contribution >= 0.6 is 0 Å². The van der Waals surface area contributed by atoms with Crippen molar-refractivity contribution in [1.82, 2.24) is 0 Å². The molecule has 0 heterocycles. The number of nitrogens with two attached hydrogens (primary N) is 1. The van der Waals surface area contributed by atoms with Crippen LogP contribution in [0.1, 0.15) is 46.5 Å². The van der Waals surface area contributed by atoms with Crippen LogP contribution in [0.5, 0.6) is 0 Å². The molecular formula is C11H21NO. The van der Waals surface area contributed by atoms with E-state index in [0.717, 1.165) is 12.3 Å². The molecule has 2 atom stereocenters. The zero-order valence-electron chi connectivity index (χ0n) is 8.97. The molecule has 2 nitrogen and oxygen atoms in total. The summed E-state index contributed by atoms with van der Waals surface area (Å²) in [5.74, 6) is 1.32. The van der Waals surface area contributed by atoms with Crippen LogP contribution < -0.4 is 5.73 Å². The second-order valence-electron chi connectivity index (χ2n) is 5.00. The Balaban J connectivity index is 2.47. The number of amides is 1. The minimum Gasteiger partial charge on any atom is -0.370 e. The zero-order valence-corrected chi connectivity index (χ0v) is 8.97. The van der Waals surface area contributed by atoms with E-state index in [9.17, 15) is 4.79 Å². The molecule has 76 valence electrons. The van der Waals surface area contributed by atoms with Crippen LogP contribution in [0.15, 0.2) is 0 Å². The van der Waals surface area contributed by atoms with Crippen molar-refractivity contribution in [2.75, 3.05) is 0 Å². The second kappa shape index (κ2) is 3.69. The largest absolute Gasteiger partial charge is 0.370 e. The summed E-state index contributed by atoms with van der Waals surface area (Å²) in [4.78, 5) is 10.7. The Morgan fingerprint density at radius 2 is 2.08 bits per heavy atom. The van der Waals surface area contributed by atoms with Crippen LogP contribution in [0.2, 0.25) is 0 Å². The third kappa shape index (κ3) is 2.23. The molecule has 0 aromatic heterocycles. The molecule has 0 bridgehead atoms. The quantitative estimate of drug-likeness (QED) is 0.717. The van der Waals surface area contributed by atoms with Gasteiger partial charge in [-0.1, -0.05) is 20.8 Å². The first kappa shape index (κ1) is 10.6. The van der Waals surface area contributed by atoms with Gasteiger partial charge in [-0.3, -0.25) is 4.79 Å². The highest BCUT2D eigenvalue weighted by atomic mass is 16.1. The van der Waals surface area contributed by atoms with Crippen molar-refractivity contribution in [3.63, 3.8) is 0 Å². The molecule has 1 saturated carbocycles. The predicted molar refractivity (Wildman–Crippen MR) is 54.1 cm³/mol. The standard InChI is InChI=1S/C11H21NO/c1-8-4-5-9(11(8,2)3)6-7-10(12)13/h8-9H,4-7H2,1-3H3,(H2,12,13)/t8-,9+/m1/s1. The summed E-state index contributed by atoms with van der Waals surface area (Å²) in [5.41, 5.74) is 5.55. The summed E-state index contributed by atoms with van der Waals surface area (Å²) in [5, 5.41) is 0. The fourth-order valence-corrected chi connectivity index (χ4v) is 2.43. The van der Waals surface area contributed by atoms with Gasteiger partial charge < -0.3 is 5.73 Å². The molecule has 0 radical (unpaired) electrons. The van der Waals surface area contributed by atoms with E-state index in [1.54, 1.807) is 0 Å². The smallest absolute Gasteiger partial charge is 0.217 e. The maximum atomic E-state index is 10.7. The Bertz CT molecular complexity index is 198. The van der Waals surface area contributed by atoms with Gasteiger partial charge >= 0.3 is 0 Å². The lowest BCUT2D eigenvalue weighted by atomic mass is 9.74. The van der Waals surface area contributed by atoms with Crippen molar-refractivity contribution in [2.24, 2.45) is 23.0 Å². The van der Waals surface area contributed by atoms with Crippen LogP contribution in [-0.2, 0) is 4.79 Å². The minimum atomic E-state index is -0.157. The molecule has 0 saturated heterocycles. The molecule has 1 fully saturated rings. The molecule has 13 heavy (non-hydrogen) atoms. The highest BCUT2D eigenvalue weighted by molar-refractivity contribution is 5.73. The molecule has 1 aliphatic rings. The predicted octanol–water partition coefficient (Wildman–Crippen LogP) is 2.32. The third-order valence-corrected chi connectivity index (χ3v) is 4.01. The number of rotatable bonds is 3. The van der Waals surface area contributed by atoms with Crippen LogP contribution in [0.4, 0.5) is 0 Å². The van der Waals surface area contributed by atoms with E-state index in [2.05, 4.69) is 20.8 Å². The topological polar surface area (TPSA) is 43.1 Å². The van der Waals surface area contributed by atoms with Gasteiger partial charge in [0.2, 0.25) is 5.91 Å². The van der Waals surface area contributed by atoms with E-state index in [0.29, 0.717) is 17.8 Å². The monoisotopic (exact) mass is 183 g/mol. The molecular weight excluding hydrogens is 162 g/mol. The lowest BCUT2D eigenvalue weighted by Crippen LogP contribution is -2.24. The number of primary amides is 1. The molecule has 0 unspecified atom stereocenters. The van der Waals surface area contributed by atoms with E-state index in [1.807, 2.05) is 0 Å². The SMILES string of the molecule is C[C@@H]1CC[C@@H](CCC(N)=O)C1(C)C. The fourth-order valence-electron chi connectivity index (χ4n) is 2.43. The Morgan fingerprint density at radius 3 is 2.46 bits per heavy atom. The van der Waals surface area contributed by atoms with Gasteiger partial charge in [-0.2, -0.15) is 0 Å². The average molecular weight is 183 g/mol. The highest BCUT2D eigenvalue weighted by Crippen LogP contribution is 2.48. The first-order valence-electron chi connectivity index (χ1n) is 5.23. The molecule has 1 aliphatic carbocycles. The van der Waals surface area contributed by atoms with Crippen molar-refractivity contribution in [3.05, 3.63) is 0 Å². The maximum absolute atomic E-state index is 10.7. The van der Waals surface area contributed by atoms with E-state index in [4.69, 9.17) is 5.73 Å². The molecule has 0 spiro atoms. The van der Waals surface area contributed by atoms with Crippen molar-refractivity contribution in [3.8, 4) is 0 Å². The molecule has 2 heteroatoms. The Labute approximate surface area is 80.9 Å². The van der Waals surface area contributed by atoms with E-state index in [-0.39, 0.29) is 5.91 Å². The lowest BCUT2D eigenvalue weighted by molar-refractivity contribution is -0.118. The van der Waals surface area contributed by atoms with E-state index >= 15 is 0 Å². The van der Waals surface area contributed by atoms with Crippen LogP contribution in [-0.4, -0.2) is 5.91 Å². The van der Waals surface area contributed by atoms with Crippen molar-refractivity contribution < 1.29 is 4.79 Å². The maximum Gasteiger partial charge on any atom is 0.217 e. The summed E-state index contributed by atoms with van der Waals surface area (Å²) in [7, 11) is 0. The molecule has 0 aromatic carbocycles. The third-order valence-electron chi connectivity index (χ3n) is 4.01. The Morgan fingerprint density at radius 1 is 1.46 bits per heavy atom. The van der Waals surface area contributed by atoms with Gasteiger partial charge in [0, 0.05) is 6.42 Å². The first-order chi connectivity index (χ1) is 5.94. The molecule has 0 aliphatic heterocycles. The lowest BCUT2D eigenvalue weighted by Gasteiger charge is -2.31. The van der Waals surface area contributed by atoms with Crippen molar-refractivity contribution in [2.45, 2.75) is 46.5 Å². The van der Waals surface area contributed by atoms with Gasteiger partial charge in [0.25, 0.3) is 0 Å². The van der Waals surface area contributed by atoms with Gasteiger partial charge in [-0.25, -0.2) is 0 Å². The first-order valence-corrected chi connectivity index (χ1v) is 5.23. The van der Waals surface area contributed by atoms with Crippen LogP contribution in [0, 0.1) is 17.3 Å². The van der Waals surface area contributed by atoms with Crippen molar-refractivity contribution in [1.29, 1.82) is 0 Å². The minimum absolute atomic E-state index is 0.157. The zero-order chi connectivity index (χ0) is 10.1. The Hall–Kier alpha value is -0.530. The molecule has 1 rings (SSSR count). The number of carbonyl (C=O) groups excluding carboxylic acids is 1. The summed E-state index contributed by atoms with van der Waals surface area (Å²) in [6.07, 6.45) is 4.10. The van der Waals surface area contributed by atoms with Gasteiger partial charge in [0.1, 0.15) is 0 Å². The van der Waals surface area contributed by atoms with Gasteiger partial charge in [0.15, 0.2) is 0 Å². The number of carbonyl (C=O) groups is 1. The van der Waals surface area contributed by atoms with Gasteiger partial charge in [-0.05, 0) is 36.5 Å². The van der Waals surface area contributed by atoms with E-state index < -0.39 is 0 Å². The summed E-state index contributed by atoms with van der Waals surface area (Å²) in [6.45, 7) is 6.94. The molecule has 1 amide bonds. The van der Waals surface area contributed by atoms with Gasteiger partial charge in [0.05, 0.1) is 0 Å². The summed E-state index contributed by atoms with van der Waals surface area (Å²) < 4.78 is 0. The average Bonchev–Trinajstić information content (AvgIpc) is 2.25.